The highest BCUT2D eigenvalue weighted by atomic mass is 32.2. The second-order valence-electron chi connectivity index (χ2n) is 7.53. The number of benzene rings is 2. The molecule has 6 nitrogen and oxygen atoms in total. The first-order valence-corrected chi connectivity index (χ1v) is 10.1. The van der Waals surface area contributed by atoms with Gasteiger partial charge in [0.15, 0.2) is 0 Å². The maximum Gasteiger partial charge on any atom is 0.337 e. The minimum Gasteiger partial charge on any atom is -0.465 e. The standard InChI is InChI=1S/C22H23N3O3S/c1-22(2,3)21-24-17-11-6-5-10-16(17)19(25-21)29-13-18(26)23-15-9-7-8-14(12-15)20(27)28-4/h5-12H,13H2,1-4H3,(H,23,26). The fourth-order valence-corrected chi connectivity index (χ4v) is 3.48. The summed E-state index contributed by atoms with van der Waals surface area (Å²) in [5.41, 5.74) is 1.59. The summed E-state index contributed by atoms with van der Waals surface area (Å²) in [5, 5.41) is 4.51. The number of nitrogens with zero attached hydrogens (tertiary/aromatic N) is 2. The van der Waals surface area contributed by atoms with Crippen LogP contribution in [0.4, 0.5) is 5.69 Å². The second kappa shape index (κ2) is 8.61. The van der Waals surface area contributed by atoms with E-state index in [0.717, 1.165) is 21.8 Å². The van der Waals surface area contributed by atoms with Crippen LogP contribution < -0.4 is 5.32 Å². The Morgan fingerprint density at radius 3 is 2.55 bits per heavy atom. The molecule has 0 radical (unpaired) electrons. The van der Waals surface area contributed by atoms with E-state index in [1.807, 2.05) is 24.3 Å². The van der Waals surface area contributed by atoms with Crippen LogP contribution in [0.15, 0.2) is 53.6 Å². The van der Waals surface area contributed by atoms with Crippen LogP contribution >= 0.6 is 11.8 Å². The first kappa shape index (κ1) is 20.8. The molecule has 0 aliphatic heterocycles. The number of hydrogen-bond acceptors (Lipinski definition) is 6. The van der Waals surface area contributed by atoms with Gasteiger partial charge in [-0.2, -0.15) is 0 Å². The van der Waals surface area contributed by atoms with E-state index in [1.54, 1.807) is 24.3 Å². The Bertz CT molecular complexity index is 1060. The lowest BCUT2D eigenvalue weighted by Gasteiger charge is -2.18. The van der Waals surface area contributed by atoms with Gasteiger partial charge in [0, 0.05) is 16.5 Å². The molecule has 1 N–H and O–H groups in total. The molecular formula is C22H23N3O3S. The van der Waals surface area contributed by atoms with Crippen LogP contribution in [0, 0.1) is 0 Å². The Morgan fingerprint density at radius 2 is 1.83 bits per heavy atom. The molecular weight excluding hydrogens is 386 g/mol. The Hall–Kier alpha value is -2.93. The highest BCUT2D eigenvalue weighted by Crippen LogP contribution is 2.29. The molecule has 0 spiro atoms. The van der Waals surface area contributed by atoms with E-state index < -0.39 is 5.97 Å². The molecule has 7 heteroatoms. The van der Waals surface area contributed by atoms with Gasteiger partial charge in [-0.1, -0.05) is 56.8 Å². The minimum atomic E-state index is -0.447. The lowest BCUT2D eigenvalue weighted by Crippen LogP contribution is -2.17. The molecule has 1 aromatic heterocycles. The fourth-order valence-electron chi connectivity index (χ4n) is 2.67. The number of nitrogens with one attached hydrogen (secondary N) is 1. The van der Waals surface area contributed by atoms with Gasteiger partial charge in [0.05, 0.1) is 23.9 Å². The highest BCUT2D eigenvalue weighted by Gasteiger charge is 2.20. The Balaban J connectivity index is 1.77. The quantitative estimate of drug-likeness (QED) is 0.381. The van der Waals surface area contributed by atoms with Gasteiger partial charge >= 0.3 is 5.97 Å². The summed E-state index contributed by atoms with van der Waals surface area (Å²) in [5.74, 6) is 0.298. The number of aromatic nitrogens is 2. The van der Waals surface area contributed by atoms with Crippen LogP contribution in [-0.2, 0) is 14.9 Å². The Morgan fingerprint density at radius 1 is 1.07 bits per heavy atom. The molecule has 0 aliphatic rings. The van der Waals surface area contributed by atoms with Crippen molar-refractivity contribution in [2.45, 2.75) is 31.2 Å². The third kappa shape index (κ3) is 5.12. The van der Waals surface area contributed by atoms with Crippen LogP contribution in [0.25, 0.3) is 10.9 Å². The van der Waals surface area contributed by atoms with Crippen molar-refractivity contribution < 1.29 is 14.3 Å². The number of carbonyl (C=O) groups is 2. The summed E-state index contributed by atoms with van der Waals surface area (Å²) in [6.07, 6.45) is 0. The number of anilines is 1. The molecule has 0 fully saturated rings. The molecule has 0 aliphatic carbocycles. The zero-order valence-corrected chi connectivity index (χ0v) is 17.7. The topological polar surface area (TPSA) is 81.2 Å². The lowest BCUT2D eigenvalue weighted by molar-refractivity contribution is -0.113. The molecule has 29 heavy (non-hydrogen) atoms. The maximum atomic E-state index is 12.5. The first-order chi connectivity index (χ1) is 13.8. The zero-order valence-electron chi connectivity index (χ0n) is 16.9. The molecule has 1 heterocycles. The molecule has 0 bridgehead atoms. The fraction of sp³-hybridized carbons (Fsp3) is 0.273. The molecule has 3 rings (SSSR count). The van der Waals surface area contributed by atoms with Crippen LogP contribution in [0.5, 0.6) is 0 Å². The maximum absolute atomic E-state index is 12.5. The molecule has 0 saturated heterocycles. The van der Waals surface area contributed by atoms with Crippen molar-refractivity contribution in [1.29, 1.82) is 0 Å². The van der Waals surface area contributed by atoms with E-state index in [9.17, 15) is 9.59 Å². The third-order valence-electron chi connectivity index (χ3n) is 4.15. The molecule has 0 unspecified atom stereocenters. The van der Waals surface area contributed by atoms with Crippen molar-refractivity contribution in [3.8, 4) is 0 Å². The molecule has 3 aromatic rings. The predicted octanol–water partition coefficient (Wildman–Crippen LogP) is 4.44. The highest BCUT2D eigenvalue weighted by molar-refractivity contribution is 8.00. The lowest BCUT2D eigenvalue weighted by atomic mass is 9.95. The second-order valence-corrected chi connectivity index (χ2v) is 8.49. The first-order valence-electron chi connectivity index (χ1n) is 9.16. The average molecular weight is 410 g/mol. The van der Waals surface area contributed by atoms with Crippen LogP contribution in [-0.4, -0.2) is 34.7 Å². The van der Waals surface area contributed by atoms with Gasteiger partial charge in [0.2, 0.25) is 5.91 Å². The summed E-state index contributed by atoms with van der Waals surface area (Å²) in [6.45, 7) is 6.19. The molecule has 0 saturated carbocycles. The number of hydrogen-bond donors (Lipinski definition) is 1. The van der Waals surface area contributed by atoms with E-state index in [4.69, 9.17) is 9.72 Å². The molecule has 1 amide bonds. The van der Waals surface area contributed by atoms with E-state index >= 15 is 0 Å². The monoisotopic (exact) mass is 409 g/mol. The number of para-hydroxylation sites is 1. The van der Waals surface area contributed by atoms with E-state index in [-0.39, 0.29) is 17.1 Å². The third-order valence-corrected chi connectivity index (χ3v) is 5.14. The van der Waals surface area contributed by atoms with Crippen LogP contribution in [0.1, 0.15) is 37.0 Å². The largest absolute Gasteiger partial charge is 0.465 e. The van der Waals surface area contributed by atoms with Gasteiger partial charge in [0.25, 0.3) is 0 Å². The number of thioether (sulfide) groups is 1. The van der Waals surface area contributed by atoms with Crippen molar-refractivity contribution in [1.82, 2.24) is 9.97 Å². The van der Waals surface area contributed by atoms with Gasteiger partial charge in [-0.25, -0.2) is 14.8 Å². The van der Waals surface area contributed by atoms with Crippen molar-refractivity contribution in [3.63, 3.8) is 0 Å². The van der Waals surface area contributed by atoms with Gasteiger partial charge in [-0.05, 0) is 24.3 Å². The summed E-state index contributed by atoms with van der Waals surface area (Å²) in [4.78, 5) is 33.5. The van der Waals surface area contributed by atoms with Crippen molar-refractivity contribution in [3.05, 3.63) is 59.9 Å². The number of fused-ring (bicyclic) bond motifs is 1. The SMILES string of the molecule is COC(=O)c1cccc(NC(=O)CSc2nc(C(C)(C)C)nc3ccccc23)c1. The minimum absolute atomic E-state index is 0.183. The van der Waals surface area contributed by atoms with Crippen LogP contribution in [0.3, 0.4) is 0 Å². The molecule has 150 valence electrons. The van der Waals surface area contributed by atoms with Crippen molar-refractivity contribution in [2.24, 2.45) is 0 Å². The van der Waals surface area contributed by atoms with Gasteiger partial charge < -0.3 is 10.1 Å². The number of amides is 1. The van der Waals surface area contributed by atoms with Crippen molar-refractivity contribution in [2.75, 3.05) is 18.2 Å². The number of carbonyl (C=O) groups excluding carboxylic acids is 2. The van der Waals surface area contributed by atoms with E-state index in [1.165, 1.54) is 18.9 Å². The molecule has 0 atom stereocenters. The average Bonchev–Trinajstić information content (AvgIpc) is 2.70. The normalized spacial score (nSPS) is 11.3. The number of esters is 1. The number of methoxy groups -OCH3 is 1. The van der Waals surface area contributed by atoms with Crippen LogP contribution in [0.2, 0.25) is 0 Å². The summed E-state index contributed by atoms with van der Waals surface area (Å²) >= 11 is 1.37. The Labute approximate surface area is 174 Å². The van der Waals surface area contributed by atoms with Gasteiger partial charge in [-0.15, -0.1) is 0 Å². The predicted molar refractivity (Wildman–Crippen MR) is 115 cm³/mol. The van der Waals surface area contributed by atoms with Crippen molar-refractivity contribution >= 4 is 40.2 Å². The summed E-state index contributed by atoms with van der Waals surface area (Å²) in [6, 6.07) is 14.4. The number of ether oxygens (including phenoxy) is 1. The summed E-state index contributed by atoms with van der Waals surface area (Å²) in [7, 11) is 1.32. The summed E-state index contributed by atoms with van der Waals surface area (Å²) < 4.78 is 4.71. The molecule has 2 aromatic carbocycles. The van der Waals surface area contributed by atoms with Gasteiger partial charge in [0.1, 0.15) is 10.9 Å². The zero-order chi connectivity index (χ0) is 21.0. The smallest absolute Gasteiger partial charge is 0.337 e. The van der Waals surface area contributed by atoms with E-state index in [2.05, 4.69) is 31.1 Å². The number of rotatable bonds is 5. The Kier molecular flexibility index (Phi) is 6.17. The van der Waals surface area contributed by atoms with E-state index in [0.29, 0.717) is 11.3 Å². The van der Waals surface area contributed by atoms with Gasteiger partial charge in [-0.3, -0.25) is 4.79 Å².